The van der Waals surface area contributed by atoms with Crippen LogP contribution in [0.4, 0.5) is 23.2 Å². The fourth-order valence-electron chi connectivity index (χ4n) is 2.30. The Morgan fingerprint density at radius 1 is 1.11 bits per heavy atom. The van der Waals surface area contributed by atoms with Gasteiger partial charge in [-0.2, -0.15) is 13.2 Å². The first-order chi connectivity index (χ1) is 12.9. The number of hydrogen-bond acceptors (Lipinski definition) is 4. The molecule has 152 valence electrons. The van der Waals surface area contributed by atoms with Crippen LogP contribution in [0.3, 0.4) is 0 Å². The number of anilines is 1. The summed E-state index contributed by atoms with van der Waals surface area (Å²) in [6, 6.07) is 6.25. The van der Waals surface area contributed by atoms with Crippen LogP contribution in [0.1, 0.15) is 21.5 Å². The molecule has 2 aromatic carbocycles. The highest BCUT2D eigenvalue weighted by atomic mass is 32.2. The lowest BCUT2D eigenvalue weighted by atomic mass is 10.1. The predicted octanol–water partition coefficient (Wildman–Crippen LogP) is 2.64. The summed E-state index contributed by atoms with van der Waals surface area (Å²) < 4.78 is 75.5. The van der Waals surface area contributed by atoms with Gasteiger partial charge in [0.1, 0.15) is 5.82 Å². The minimum atomic E-state index is -4.81. The molecule has 0 radical (unpaired) electrons. The molecule has 0 saturated carbocycles. The van der Waals surface area contributed by atoms with Crippen LogP contribution in [0.25, 0.3) is 0 Å². The maximum atomic E-state index is 13.5. The number of rotatable bonds is 6. The van der Waals surface area contributed by atoms with Gasteiger partial charge in [-0.05, 0) is 42.8 Å². The van der Waals surface area contributed by atoms with E-state index >= 15 is 0 Å². The van der Waals surface area contributed by atoms with Gasteiger partial charge in [-0.15, -0.1) is 0 Å². The average molecular weight is 419 g/mol. The molecule has 0 aliphatic carbocycles. The molecule has 6 nitrogen and oxygen atoms in total. The zero-order valence-electron chi connectivity index (χ0n) is 14.6. The molecule has 0 bridgehead atoms. The van der Waals surface area contributed by atoms with Crippen molar-refractivity contribution in [2.45, 2.75) is 18.0 Å². The maximum Gasteiger partial charge on any atom is 0.418 e. The van der Waals surface area contributed by atoms with Gasteiger partial charge in [0.2, 0.25) is 10.0 Å². The number of primary sulfonamides is 1. The zero-order chi connectivity index (χ0) is 21.1. The molecule has 1 amide bonds. The first kappa shape index (κ1) is 21.6. The van der Waals surface area contributed by atoms with Crippen LogP contribution < -0.4 is 15.8 Å². The Morgan fingerprint density at radius 2 is 1.79 bits per heavy atom. The van der Waals surface area contributed by atoms with Gasteiger partial charge in [0.25, 0.3) is 5.91 Å². The third kappa shape index (κ3) is 5.42. The van der Waals surface area contributed by atoms with Gasteiger partial charge in [-0.1, -0.05) is 6.07 Å². The number of amides is 1. The van der Waals surface area contributed by atoms with Crippen LogP contribution in [-0.2, 0) is 16.2 Å². The number of carbonyl (C=O) groups excluding carboxylic acids is 1. The summed E-state index contributed by atoms with van der Waals surface area (Å²) in [5, 5.41) is 9.79. The fraction of sp³-hybridized carbons (Fsp3) is 0.235. The summed E-state index contributed by atoms with van der Waals surface area (Å²) in [5.74, 6) is -1.13. The molecule has 28 heavy (non-hydrogen) atoms. The van der Waals surface area contributed by atoms with Gasteiger partial charge in [0, 0.05) is 24.3 Å². The molecular weight excluding hydrogens is 402 g/mol. The lowest BCUT2D eigenvalue weighted by Gasteiger charge is -2.16. The molecule has 0 saturated heterocycles. The van der Waals surface area contributed by atoms with E-state index in [1.807, 2.05) is 0 Å². The highest BCUT2D eigenvalue weighted by Gasteiger charge is 2.34. The molecule has 0 heterocycles. The standard InChI is InChI=1S/C17H17F4N3O3S/c1-10-2-3-11(8-14(10)18)16(25)24-7-6-23-15-5-4-12(28(22,26)27)9-13(15)17(19,20)21/h2-5,8-9,23H,6-7H2,1H3,(H,24,25)(H2,22,26,27). The summed E-state index contributed by atoms with van der Waals surface area (Å²) in [4.78, 5) is 11.3. The fourth-order valence-corrected chi connectivity index (χ4v) is 2.84. The van der Waals surface area contributed by atoms with E-state index in [2.05, 4.69) is 10.6 Å². The van der Waals surface area contributed by atoms with Crippen LogP contribution in [0.15, 0.2) is 41.3 Å². The van der Waals surface area contributed by atoms with Gasteiger partial charge in [0.15, 0.2) is 0 Å². The Morgan fingerprint density at radius 3 is 2.36 bits per heavy atom. The topological polar surface area (TPSA) is 101 Å². The molecule has 4 N–H and O–H groups in total. The van der Waals surface area contributed by atoms with E-state index in [0.717, 1.165) is 18.2 Å². The molecule has 0 aliphatic heterocycles. The van der Waals surface area contributed by atoms with Gasteiger partial charge >= 0.3 is 6.18 Å². The summed E-state index contributed by atoms with van der Waals surface area (Å²) in [6.07, 6.45) is -4.81. The number of aryl methyl sites for hydroxylation is 1. The van der Waals surface area contributed by atoms with E-state index in [1.165, 1.54) is 12.1 Å². The Kier molecular flexibility index (Phi) is 6.30. The lowest BCUT2D eigenvalue weighted by molar-refractivity contribution is -0.137. The quantitative estimate of drug-likeness (QED) is 0.495. The monoisotopic (exact) mass is 419 g/mol. The van der Waals surface area contributed by atoms with Crippen LogP contribution in [-0.4, -0.2) is 27.4 Å². The van der Waals surface area contributed by atoms with Crippen molar-refractivity contribution in [1.82, 2.24) is 5.32 Å². The summed E-state index contributed by atoms with van der Waals surface area (Å²) in [7, 11) is -4.29. The van der Waals surface area contributed by atoms with Crippen molar-refractivity contribution in [2.24, 2.45) is 5.14 Å². The molecule has 11 heteroatoms. The van der Waals surface area contributed by atoms with E-state index in [0.29, 0.717) is 11.6 Å². The van der Waals surface area contributed by atoms with Crippen molar-refractivity contribution in [1.29, 1.82) is 0 Å². The highest BCUT2D eigenvalue weighted by Crippen LogP contribution is 2.36. The molecule has 2 rings (SSSR count). The Balaban J connectivity index is 2.04. The molecular formula is C17H17F4N3O3S. The Bertz CT molecular complexity index is 992. The smallest absolute Gasteiger partial charge is 0.383 e. The molecule has 0 unspecified atom stereocenters. The summed E-state index contributed by atoms with van der Waals surface area (Å²) in [6.45, 7) is 1.40. The lowest BCUT2D eigenvalue weighted by Crippen LogP contribution is -2.29. The number of nitrogens with one attached hydrogen (secondary N) is 2. The normalized spacial score (nSPS) is 11.9. The van der Waals surface area contributed by atoms with Crippen molar-refractivity contribution >= 4 is 21.6 Å². The third-order valence-electron chi connectivity index (χ3n) is 3.78. The largest absolute Gasteiger partial charge is 0.418 e. The second-order valence-corrected chi connectivity index (χ2v) is 7.46. The minimum Gasteiger partial charge on any atom is -0.383 e. The van der Waals surface area contributed by atoms with Crippen LogP contribution in [0, 0.1) is 12.7 Å². The third-order valence-corrected chi connectivity index (χ3v) is 4.70. The van der Waals surface area contributed by atoms with E-state index in [4.69, 9.17) is 5.14 Å². The van der Waals surface area contributed by atoms with Gasteiger partial charge in [0.05, 0.1) is 10.5 Å². The van der Waals surface area contributed by atoms with E-state index < -0.39 is 38.4 Å². The molecule has 0 aliphatic rings. The van der Waals surface area contributed by atoms with Crippen molar-refractivity contribution in [2.75, 3.05) is 18.4 Å². The number of carbonyl (C=O) groups is 1. The molecule has 0 spiro atoms. The average Bonchev–Trinajstić information content (AvgIpc) is 2.59. The SMILES string of the molecule is Cc1ccc(C(=O)NCCNc2ccc(S(N)(=O)=O)cc2C(F)(F)F)cc1F. The van der Waals surface area contributed by atoms with Crippen molar-refractivity contribution in [3.8, 4) is 0 Å². The number of hydrogen-bond donors (Lipinski definition) is 3. The Labute approximate surface area is 158 Å². The van der Waals surface area contributed by atoms with E-state index in [-0.39, 0.29) is 24.3 Å². The summed E-state index contributed by atoms with van der Waals surface area (Å²) >= 11 is 0. The number of nitrogens with two attached hydrogens (primary N) is 1. The first-order valence-electron chi connectivity index (χ1n) is 7.92. The maximum absolute atomic E-state index is 13.5. The summed E-state index contributed by atoms with van der Waals surface area (Å²) in [5.41, 5.74) is -1.11. The van der Waals surface area contributed by atoms with Crippen molar-refractivity contribution in [3.63, 3.8) is 0 Å². The van der Waals surface area contributed by atoms with Gasteiger partial charge in [-0.25, -0.2) is 17.9 Å². The molecule has 0 atom stereocenters. The Hall–Kier alpha value is -2.66. The predicted molar refractivity (Wildman–Crippen MR) is 94.8 cm³/mol. The van der Waals surface area contributed by atoms with Crippen molar-refractivity contribution < 1.29 is 30.8 Å². The highest BCUT2D eigenvalue weighted by molar-refractivity contribution is 7.89. The molecule has 2 aromatic rings. The number of alkyl halides is 3. The number of sulfonamides is 1. The van der Waals surface area contributed by atoms with Crippen LogP contribution in [0.5, 0.6) is 0 Å². The zero-order valence-corrected chi connectivity index (χ0v) is 15.4. The van der Waals surface area contributed by atoms with Gasteiger partial charge < -0.3 is 10.6 Å². The van der Waals surface area contributed by atoms with Crippen molar-refractivity contribution in [3.05, 3.63) is 58.9 Å². The van der Waals surface area contributed by atoms with Crippen LogP contribution >= 0.6 is 0 Å². The molecule has 0 fully saturated rings. The van der Waals surface area contributed by atoms with Gasteiger partial charge in [-0.3, -0.25) is 4.79 Å². The number of halogens is 4. The second kappa shape index (κ2) is 8.15. The minimum absolute atomic E-state index is 0.0530. The second-order valence-electron chi connectivity index (χ2n) is 5.90. The van der Waals surface area contributed by atoms with Crippen LogP contribution in [0.2, 0.25) is 0 Å². The van der Waals surface area contributed by atoms with E-state index in [1.54, 1.807) is 6.92 Å². The first-order valence-corrected chi connectivity index (χ1v) is 9.46. The number of benzene rings is 2. The molecule has 0 aromatic heterocycles. The van der Waals surface area contributed by atoms with E-state index in [9.17, 15) is 30.8 Å².